The van der Waals surface area contributed by atoms with Crippen LogP contribution in [0.15, 0.2) is 65.6 Å². The molecule has 0 spiro atoms. The van der Waals surface area contributed by atoms with E-state index >= 15 is 0 Å². The molecule has 1 aliphatic rings. The van der Waals surface area contributed by atoms with Gasteiger partial charge >= 0.3 is 0 Å². The average molecular weight is 729 g/mol. The molecule has 1 saturated heterocycles. The van der Waals surface area contributed by atoms with E-state index in [2.05, 4.69) is 0 Å². The lowest BCUT2D eigenvalue weighted by Gasteiger charge is -2.29. The van der Waals surface area contributed by atoms with Crippen molar-refractivity contribution in [1.29, 1.82) is 0 Å². The third-order valence-electron chi connectivity index (χ3n) is 9.17. The second kappa shape index (κ2) is 18.1. The van der Waals surface area contributed by atoms with Gasteiger partial charge in [-0.1, -0.05) is 45.0 Å². The van der Waals surface area contributed by atoms with Crippen molar-refractivity contribution in [2.24, 2.45) is 5.73 Å². The van der Waals surface area contributed by atoms with Crippen LogP contribution in [0.3, 0.4) is 0 Å². The highest BCUT2D eigenvalue weighted by Gasteiger charge is 2.36. The molecular formula is C38H50F2N4O6S. The molecule has 0 unspecified atom stereocenters. The Balaban J connectivity index is 1.78. The molecule has 4 N–H and O–H groups in total. The number of aliphatic hydroxyl groups is 2. The van der Waals surface area contributed by atoms with Crippen molar-refractivity contribution in [1.82, 2.24) is 14.1 Å². The molecule has 0 aromatic heterocycles. The average Bonchev–Trinajstić information content (AvgIpc) is 3.60. The summed E-state index contributed by atoms with van der Waals surface area (Å²) in [6.07, 6.45) is 1.69. The van der Waals surface area contributed by atoms with Gasteiger partial charge in [0.1, 0.15) is 11.6 Å². The number of benzene rings is 3. The van der Waals surface area contributed by atoms with E-state index in [1.165, 1.54) is 27.4 Å². The molecule has 0 bridgehead atoms. The number of hydrogen-bond acceptors (Lipinski definition) is 7. The monoisotopic (exact) mass is 728 g/mol. The van der Waals surface area contributed by atoms with Crippen molar-refractivity contribution >= 4 is 21.8 Å². The maximum absolute atomic E-state index is 14.5. The Morgan fingerprint density at radius 3 is 2.10 bits per heavy atom. The first-order valence-electron chi connectivity index (χ1n) is 17.6. The van der Waals surface area contributed by atoms with E-state index in [0.29, 0.717) is 38.8 Å². The Morgan fingerprint density at radius 1 is 0.902 bits per heavy atom. The molecule has 1 aliphatic heterocycles. The molecule has 51 heavy (non-hydrogen) atoms. The number of carbonyl (C=O) groups is 2. The summed E-state index contributed by atoms with van der Waals surface area (Å²) in [6, 6.07) is 12.8. The highest BCUT2D eigenvalue weighted by atomic mass is 32.2. The topological polar surface area (TPSA) is 144 Å². The second-order valence-electron chi connectivity index (χ2n) is 13.2. The number of amides is 2. The largest absolute Gasteiger partial charge is 0.395 e. The molecule has 3 aromatic rings. The summed E-state index contributed by atoms with van der Waals surface area (Å²) >= 11 is 0. The minimum absolute atomic E-state index is 0.0157. The first-order chi connectivity index (χ1) is 24.3. The van der Waals surface area contributed by atoms with Gasteiger partial charge in [0, 0.05) is 62.0 Å². The lowest BCUT2D eigenvalue weighted by atomic mass is 10.0. The van der Waals surface area contributed by atoms with E-state index in [1.54, 1.807) is 4.90 Å². The Bertz CT molecular complexity index is 1750. The molecule has 3 atom stereocenters. The van der Waals surface area contributed by atoms with Crippen LogP contribution in [0.1, 0.15) is 83.9 Å². The van der Waals surface area contributed by atoms with Gasteiger partial charge in [-0.25, -0.2) is 17.2 Å². The lowest BCUT2D eigenvalue weighted by Crippen LogP contribution is -2.46. The highest BCUT2D eigenvalue weighted by Crippen LogP contribution is 2.28. The van der Waals surface area contributed by atoms with Crippen LogP contribution in [0.4, 0.5) is 8.78 Å². The van der Waals surface area contributed by atoms with E-state index in [4.69, 9.17) is 5.73 Å². The highest BCUT2D eigenvalue weighted by molar-refractivity contribution is 7.89. The third-order valence-corrected chi connectivity index (χ3v) is 11.1. The molecule has 4 rings (SSSR count). The molecule has 10 nitrogen and oxygen atoms in total. The number of nitrogens with two attached hydrogens (primary N) is 1. The number of sulfonamides is 1. The summed E-state index contributed by atoms with van der Waals surface area (Å²) in [5.74, 6) is -2.63. The fourth-order valence-corrected chi connectivity index (χ4v) is 8.30. The van der Waals surface area contributed by atoms with E-state index in [0.717, 1.165) is 35.7 Å². The zero-order valence-corrected chi connectivity index (χ0v) is 30.4. The van der Waals surface area contributed by atoms with Crippen LogP contribution in [-0.4, -0.2) is 95.5 Å². The number of aliphatic hydroxyl groups excluding tert-OH is 2. The van der Waals surface area contributed by atoms with Gasteiger partial charge in [-0.05, 0) is 85.5 Å². The SMILES string of the molecule is CCCN(CCC)C(=O)c1cc(C(=O)N(Cc2cccc(CC)c2)C[C@@H](O)[C@@H](N)Cc2cc(F)cc(F)c2)cc(S(=O)(=O)N2CCC[C@H]2CO)c1. The third kappa shape index (κ3) is 10.2. The van der Waals surface area contributed by atoms with Gasteiger partial charge < -0.3 is 25.7 Å². The zero-order chi connectivity index (χ0) is 37.3. The molecule has 278 valence electrons. The molecule has 0 saturated carbocycles. The molecule has 3 aromatic carbocycles. The summed E-state index contributed by atoms with van der Waals surface area (Å²) in [7, 11) is -4.23. The fourth-order valence-electron chi connectivity index (χ4n) is 6.54. The van der Waals surface area contributed by atoms with Crippen LogP contribution in [0, 0.1) is 11.6 Å². The van der Waals surface area contributed by atoms with Crippen LogP contribution >= 0.6 is 0 Å². The predicted molar refractivity (Wildman–Crippen MR) is 192 cm³/mol. The number of hydrogen-bond donors (Lipinski definition) is 3. The van der Waals surface area contributed by atoms with Crippen molar-refractivity contribution < 1.29 is 37.0 Å². The molecule has 0 radical (unpaired) electrons. The van der Waals surface area contributed by atoms with Gasteiger partial charge in [-0.15, -0.1) is 0 Å². The van der Waals surface area contributed by atoms with E-state index in [9.17, 15) is 37.0 Å². The summed E-state index contributed by atoms with van der Waals surface area (Å²) < 4.78 is 57.1. The quantitative estimate of drug-likeness (QED) is 0.186. The van der Waals surface area contributed by atoms with Crippen LogP contribution < -0.4 is 5.73 Å². The van der Waals surface area contributed by atoms with Crippen LogP contribution in [-0.2, 0) is 29.4 Å². The van der Waals surface area contributed by atoms with Crippen molar-refractivity contribution in [2.75, 3.05) is 32.8 Å². The number of halogens is 2. The summed E-state index contributed by atoms with van der Waals surface area (Å²) in [4.78, 5) is 31.1. The minimum Gasteiger partial charge on any atom is -0.395 e. The number of rotatable bonds is 17. The minimum atomic E-state index is -4.23. The van der Waals surface area contributed by atoms with Crippen molar-refractivity contribution in [3.8, 4) is 0 Å². The van der Waals surface area contributed by atoms with Gasteiger partial charge in [0.05, 0.1) is 17.6 Å². The Labute approximate surface area is 299 Å². The molecular weight excluding hydrogens is 679 g/mol. The zero-order valence-electron chi connectivity index (χ0n) is 29.6. The number of nitrogens with zero attached hydrogens (tertiary/aromatic N) is 3. The molecule has 1 heterocycles. The van der Waals surface area contributed by atoms with Crippen LogP contribution in [0.5, 0.6) is 0 Å². The van der Waals surface area contributed by atoms with Gasteiger partial charge in [-0.3, -0.25) is 9.59 Å². The lowest BCUT2D eigenvalue weighted by molar-refractivity contribution is 0.0554. The standard InChI is InChI=1S/C38H50F2N4O6S/c1-4-12-42(13-5-2)37(47)29-19-30(21-34(20-29)51(49,50)44-14-8-11-33(44)25-45)38(48)43(23-27-10-7-9-26(6-3)15-27)24-36(46)35(41)18-28-16-31(39)22-32(40)17-28/h7,9-10,15-17,19-22,33,35-36,45-46H,4-6,8,11-14,18,23-25,41H2,1-3H3/t33-,35-,36+/m0/s1. The molecule has 2 amide bonds. The van der Waals surface area contributed by atoms with Gasteiger partial charge in [0.2, 0.25) is 10.0 Å². The molecule has 0 aliphatic carbocycles. The van der Waals surface area contributed by atoms with Crippen molar-refractivity contribution in [3.05, 3.63) is 100 Å². The maximum atomic E-state index is 14.5. The molecule has 1 fully saturated rings. The second-order valence-corrected chi connectivity index (χ2v) is 15.1. The van der Waals surface area contributed by atoms with Crippen molar-refractivity contribution in [3.63, 3.8) is 0 Å². The van der Waals surface area contributed by atoms with E-state index in [1.807, 2.05) is 45.0 Å². The van der Waals surface area contributed by atoms with E-state index in [-0.39, 0.29) is 54.2 Å². The number of aryl methyl sites for hydroxylation is 1. The smallest absolute Gasteiger partial charge is 0.254 e. The fraction of sp³-hybridized carbons (Fsp3) is 0.474. The summed E-state index contributed by atoms with van der Waals surface area (Å²) in [6.45, 7) is 6.26. The first kappa shape index (κ1) is 40.0. The predicted octanol–water partition coefficient (Wildman–Crippen LogP) is 4.51. The van der Waals surface area contributed by atoms with Crippen LogP contribution in [0.2, 0.25) is 0 Å². The number of carbonyl (C=O) groups excluding carboxylic acids is 2. The van der Waals surface area contributed by atoms with Gasteiger partial charge in [0.25, 0.3) is 11.8 Å². The van der Waals surface area contributed by atoms with Gasteiger partial charge in [0.15, 0.2) is 0 Å². The first-order valence-corrected chi connectivity index (χ1v) is 19.1. The Kier molecular flexibility index (Phi) is 14.2. The maximum Gasteiger partial charge on any atom is 0.254 e. The summed E-state index contributed by atoms with van der Waals surface area (Å²) in [5, 5.41) is 21.2. The Hall–Kier alpha value is -3.75. The van der Waals surface area contributed by atoms with Gasteiger partial charge in [-0.2, -0.15) is 4.31 Å². The van der Waals surface area contributed by atoms with Crippen molar-refractivity contribution in [2.45, 2.75) is 88.9 Å². The van der Waals surface area contributed by atoms with Crippen LogP contribution in [0.25, 0.3) is 0 Å². The molecule has 13 heteroatoms. The normalized spacial score (nSPS) is 16.2. The van der Waals surface area contributed by atoms with E-state index < -0.39 is 51.7 Å². The Morgan fingerprint density at radius 2 is 1.51 bits per heavy atom. The summed E-state index contributed by atoms with van der Waals surface area (Å²) in [5.41, 5.74) is 8.27.